The molecule has 11 heteroatoms. The Morgan fingerprint density at radius 3 is 2.17 bits per heavy atom. The molecule has 0 bridgehead atoms. The summed E-state index contributed by atoms with van der Waals surface area (Å²) in [5.74, 6) is -0.485. The molecule has 5 rings (SSSR count). The minimum atomic E-state index is -1.05. The second-order valence-electron chi connectivity index (χ2n) is 9.47. The molecule has 0 aliphatic carbocycles. The van der Waals surface area contributed by atoms with Crippen LogP contribution in [0.15, 0.2) is 66.2 Å². The van der Waals surface area contributed by atoms with Crippen LogP contribution in [0.25, 0.3) is 5.76 Å². The van der Waals surface area contributed by atoms with Crippen LogP contribution in [0.5, 0.6) is 23.0 Å². The van der Waals surface area contributed by atoms with Crippen LogP contribution in [0.1, 0.15) is 33.3 Å². The van der Waals surface area contributed by atoms with Gasteiger partial charge in [0.2, 0.25) is 10.9 Å². The highest BCUT2D eigenvalue weighted by Crippen LogP contribution is 2.47. The molecule has 4 aromatic rings. The first-order valence-electron chi connectivity index (χ1n) is 13.0. The van der Waals surface area contributed by atoms with Crippen LogP contribution < -0.4 is 23.8 Å². The van der Waals surface area contributed by atoms with Crippen molar-refractivity contribution in [1.29, 1.82) is 0 Å². The van der Waals surface area contributed by atoms with E-state index >= 15 is 0 Å². The van der Waals surface area contributed by atoms with Crippen molar-refractivity contribution in [2.45, 2.75) is 26.5 Å². The molecule has 0 radical (unpaired) electrons. The Bertz CT molecular complexity index is 1660. The standard InChI is InChI=1S/C31H29N3O7S/c1-17-8-6-7-9-20(17)16-41-22-12-10-19(11-13-22)27(35)25-26(21-14-23(38-3)29(40-5)24(15-21)39-4)34(30(37)28(25)36)31-33-32-18(2)42-31/h6-15,26,35H,16H2,1-5H3. The van der Waals surface area contributed by atoms with Crippen LogP contribution in [-0.4, -0.2) is 48.3 Å². The highest BCUT2D eigenvalue weighted by Gasteiger charge is 2.48. The van der Waals surface area contributed by atoms with Gasteiger partial charge >= 0.3 is 5.91 Å². The molecule has 216 valence electrons. The predicted octanol–water partition coefficient (Wildman–Crippen LogP) is 5.39. The van der Waals surface area contributed by atoms with E-state index < -0.39 is 17.7 Å². The van der Waals surface area contributed by atoms with Crippen LogP contribution in [0.3, 0.4) is 0 Å². The van der Waals surface area contributed by atoms with Crippen molar-refractivity contribution in [3.05, 3.63) is 93.5 Å². The fraction of sp³-hybridized carbons (Fsp3) is 0.226. The quantitative estimate of drug-likeness (QED) is 0.156. The van der Waals surface area contributed by atoms with Crippen LogP contribution in [0, 0.1) is 13.8 Å². The lowest BCUT2D eigenvalue weighted by molar-refractivity contribution is -0.132. The molecule has 42 heavy (non-hydrogen) atoms. The Labute approximate surface area is 246 Å². The lowest BCUT2D eigenvalue weighted by atomic mass is 9.94. The number of aliphatic hydroxyl groups is 1. The van der Waals surface area contributed by atoms with Crippen molar-refractivity contribution < 1.29 is 33.6 Å². The fourth-order valence-electron chi connectivity index (χ4n) is 4.79. The smallest absolute Gasteiger partial charge is 0.301 e. The number of hydrogen-bond acceptors (Lipinski definition) is 10. The first-order valence-corrected chi connectivity index (χ1v) is 13.8. The number of hydrogen-bond donors (Lipinski definition) is 1. The van der Waals surface area contributed by atoms with Gasteiger partial charge in [0.1, 0.15) is 23.1 Å². The van der Waals surface area contributed by atoms with Gasteiger partial charge in [-0.05, 0) is 66.9 Å². The second-order valence-corrected chi connectivity index (χ2v) is 10.6. The predicted molar refractivity (Wildman–Crippen MR) is 157 cm³/mol. The molecule has 1 amide bonds. The summed E-state index contributed by atoms with van der Waals surface area (Å²) in [7, 11) is 4.41. The maximum Gasteiger partial charge on any atom is 0.301 e. The number of nitrogens with zero attached hydrogens (tertiary/aromatic N) is 3. The van der Waals surface area contributed by atoms with Gasteiger partial charge in [0.05, 0.1) is 32.9 Å². The molecule has 3 aromatic carbocycles. The number of carbonyl (C=O) groups excluding carboxylic acids is 2. The van der Waals surface area contributed by atoms with Crippen molar-refractivity contribution in [2.24, 2.45) is 0 Å². The largest absolute Gasteiger partial charge is 0.507 e. The maximum atomic E-state index is 13.5. The third-order valence-electron chi connectivity index (χ3n) is 6.95. The third kappa shape index (κ3) is 5.26. The molecule has 10 nitrogen and oxygen atoms in total. The number of ether oxygens (including phenoxy) is 4. The second kappa shape index (κ2) is 11.9. The van der Waals surface area contributed by atoms with E-state index in [-0.39, 0.29) is 16.5 Å². The summed E-state index contributed by atoms with van der Waals surface area (Å²) in [4.78, 5) is 28.2. The molecule has 1 aliphatic rings. The Kier molecular flexibility index (Phi) is 8.12. The highest BCUT2D eigenvalue weighted by molar-refractivity contribution is 7.15. The van der Waals surface area contributed by atoms with Crippen molar-refractivity contribution >= 4 is 33.9 Å². The van der Waals surface area contributed by atoms with Gasteiger partial charge in [0, 0.05) is 5.56 Å². The summed E-state index contributed by atoms with van der Waals surface area (Å²) in [6.45, 7) is 4.14. The molecule has 0 spiro atoms. The number of aryl methyl sites for hydroxylation is 2. The number of methoxy groups -OCH3 is 3. The molecule has 1 saturated heterocycles. The van der Waals surface area contributed by atoms with Gasteiger partial charge in [-0.2, -0.15) is 0 Å². The molecular weight excluding hydrogens is 558 g/mol. The van der Waals surface area contributed by atoms with Gasteiger partial charge in [-0.15, -0.1) is 10.2 Å². The lowest BCUT2D eigenvalue weighted by Crippen LogP contribution is -2.29. The zero-order valence-corrected chi connectivity index (χ0v) is 24.5. The van der Waals surface area contributed by atoms with E-state index in [2.05, 4.69) is 10.2 Å². The number of carbonyl (C=O) groups is 2. The van der Waals surface area contributed by atoms with Crippen molar-refractivity contribution in [3.63, 3.8) is 0 Å². The van der Waals surface area contributed by atoms with E-state index in [4.69, 9.17) is 18.9 Å². The van der Waals surface area contributed by atoms with Gasteiger partial charge in [0.15, 0.2) is 11.5 Å². The first kappa shape index (κ1) is 28.6. The number of anilines is 1. The van der Waals surface area contributed by atoms with Crippen LogP contribution >= 0.6 is 11.3 Å². The minimum Gasteiger partial charge on any atom is -0.507 e. The number of benzene rings is 3. The molecule has 1 aromatic heterocycles. The minimum absolute atomic E-state index is 0.115. The van der Waals surface area contributed by atoms with Gasteiger partial charge in [-0.1, -0.05) is 35.6 Å². The van der Waals surface area contributed by atoms with E-state index in [1.165, 1.54) is 26.2 Å². The van der Waals surface area contributed by atoms with E-state index in [9.17, 15) is 14.7 Å². The topological polar surface area (TPSA) is 120 Å². The van der Waals surface area contributed by atoms with E-state index in [1.807, 2.05) is 31.2 Å². The van der Waals surface area contributed by atoms with Crippen molar-refractivity contribution in [2.75, 3.05) is 26.2 Å². The van der Waals surface area contributed by atoms with E-state index in [0.717, 1.165) is 22.5 Å². The number of amides is 1. The molecule has 1 fully saturated rings. The van der Waals surface area contributed by atoms with Crippen molar-refractivity contribution in [1.82, 2.24) is 10.2 Å². The summed E-state index contributed by atoms with van der Waals surface area (Å²) in [6, 6.07) is 16.8. The summed E-state index contributed by atoms with van der Waals surface area (Å²) < 4.78 is 22.4. The van der Waals surface area contributed by atoms with Crippen molar-refractivity contribution in [3.8, 4) is 23.0 Å². The Morgan fingerprint density at radius 2 is 1.60 bits per heavy atom. The van der Waals surface area contributed by atoms with Crippen LogP contribution in [0.4, 0.5) is 5.13 Å². The molecule has 1 unspecified atom stereocenters. The molecule has 1 aliphatic heterocycles. The average molecular weight is 588 g/mol. The zero-order chi connectivity index (χ0) is 30.0. The first-order chi connectivity index (χ1) is 20.3. The molecule has 0 saturated carbocycles. The number of ketones is 1. The van der Waals surface area contributed by atoms with Crippen LogP contribution in [0.2, 0.25) is 0 Å². The number of aromatic nitrogens is 2. The summed E-state index contributed by atoms with van der Waals surface area (Å²) in [6.07, 6.45) is 0. The van der Waals surface area contributed by atoms with Gasteiger partial charge in [-0.25, -0.2) is 0 Å². The van der Waals surface area contributed by atoms with Crippen LogP contribution in [-0.2, 0) is 16.2 Å². The average Bonchev–Trinajstić information content (AvgIpc) is 3.55. The number of rotatable bonds is 9. The summed E-state index contributed by atoms with van der Waals surface area (Å²) in [5.41, 5.74) is 2.84. The Hall–Kier alpha value is -4.90. The molecule has 2 heterocycles. The molecule has 1 N–H and O–H groups in total. The number of aliphatic hydroxyl groups excluding tert-OH is 1. The zero-order valence-electron chi connectivity index (χ0n) is 23.7. The van der Waals surface area contributed by atoms with Gasteiger partial charge in [-0.3, -0.25) is 14.5 Å². The van der Waals surface area contributed by atoms with E-state index in [0.29, 0.717) is 45.7 Å². The van der Waals surface area contributed by atoms with E-state index in [1.54, 1.807) is 43.3 Å². The monoisotopic (exact) mass is 587 g/mol. The van der Waals surface area contributed by atoms with Gasteiger partial charge < -0.3 is 24.1 Å². The third-order valence-corrected chi connectivity index (χ3v) is 7.79. The summed E-state index contributed by atoms with van der Waals surface area (Å²) >= 11 is 1.16. The van der Waals surface area contributed by atoms with Gasteiger partial charge in [0.25, 0.3) is 5.78 Å². The Balaban J connectivity index is 1.58. The number of Topliss-reactive ketones (excluding diaryl/α,β-unsaturated/α-hetero) is 1. The normalized spacial score (nSPS) is 16.0. The lowest BCUT2D eigenvalue weighted by Gasteiger charge is -2.24. The highest BCUT2D eigenvalue weighted by atomic mass is 32.1. The molecule has 1 atom stereocenters. The Morgan fingerprint density at radius 1 is 0.929 bits per heavy atom. The fourth-order valence-corrected chi connectivity index (χ4v) is 5.50. The molecular formula is C31H29N3O7S. The SMILES string of the molecule is COc1cc(C2C(=C(O)c3ccc(OCc4ccccc4C)cc3)C(=O)C(=O)N2c2nnc(C)s2)cc(OC)c1OC. The summed E-state index contributed by atoms with van der Waals surface area (Å²) in [5, 5.41) is 20.5. The maximum absolute atomic E-state index is 13.5.